The Kier molecular flexibility index (Phi) is 4.39. The van der Waals surface area contributed by atoms with Gasteiger partial charge in [-0.2, -0.15) is 0 Å². The Labute approximate surface area is 170 Å². The number of nitrogens with one attached hydrogen (secondary N) is 1. The molecule has 4 heterocycles. The number of hydrogen-bond donors (Lipinski definition) is 1. The van der Waals surface area contributed by atoms with Crippen LogP contribution in [0, 0.1) is 11.8 Å². The highest BCUT2D eigenvalue weighted by atomic mass is 16.5. The number of ether oxygens (including phenoxy) is 1. The number of carbonyl (C=O) groups is 2. The number of nitrogens with zero attached hydrogens (tertiary/aromatic N) is 2. The summed E-state index contributed by atoms with van der Waals surface area (Å²) in [6, 6.07) is 13.0. The van der Waals surface area contributed by atoms with Crippen LogP contribution in [0.2, 0.25) is 0 Å². The Morgan fingerprint density at radius 2 is 2.07 bits per heavy atom. The molecular formula is C23H25N3O3. The van der Waals surface area contributed by atoms with Crippen molar-refractivity contribution in [2.45, 2.75) is 31.5 Å². The number of Topliss-reactive ketones (excluding diaryl/α,β-unsaturated/α-hetero) is 1. The van der Waals surface area contributed by atoms with Crippen molar-refractivity contribution in [3.63, 3.8) is 0 Å². The van der Waals surface area contributed by atoms with Crippen molar-refractivity contribution in [2.75, 3.05) is 24.5 Å². The van der Waals surface area contributed by atoms with Crippen molar-refractivity contribution >= 4 is 17.5 Å². The van der Waals surface area contributed by atoms with Gasteiger partial charge in [-0.15, -0.1) is 0 Å². The van der Waals surface area contributed by atoms with Crippen LogP contribution in [0.3, 0.4) is 0 Å². The molecule has 0 aliphatic carbocycles. The molecular weight excluding hydrogens is 366 g/mol. The van der Waals surface area contributed by atoms with Crippen molar-refractivity contribution in [3.05, 3.63) is 59.8 Å². The van der Waals surface area contributed by atoms with Gasteiger partial charge in [-0.1, -0.05) is 18.2 Å². The fraction of sp³-hybridized carbons (Fsp3) is 0.435. The van der Waals surface area contributed by atoms with Gasteiger partial charge in [0.1, 0.15) is 5.82 Å². The summed E-state index contributed by atoms with van der Waals surface area (Å²) in [7, 11) is 0. The second-order valence-electron chi connectivity index (χ2n) is 8.45. The Balaban J connectivity index is 1.31. The smallest absolute Gasteiger partial charge is 0.251 e. The summed E-state index contributed by atoms with van der Waals surface area (Å²) in [5, 5.41) is 3.12. The molecule has 3 fully saturated rings. The van der Waals surface area contributed by atoms with E-state index < -0.39 is 0 Å². The molecule has 1 N–H and O–H groups in total. The molecule has 3 saturated heterocycles. The molecule has 2 aromatic rings. The number of ketones is 1. The molecule has 6 heteroatoms. The van der Waals surface area contributed by atoms with Crippen LogP contribution < -0.4 is 10.2 Å². The molecule has 150 valence electrons. The molecule has 3 aliphatic rings. The van der Waals surface area contributed by atoms with Crippen LogP contribution in [-0.4, -0.2) is 48.0 Å². The number of pyridine rings is 1. The standard InChI is InChI=1S/C23H25N3O3/c1-15(27)17-8-10-24-21(11-17)26-13-19-18(20-7-9-23(19,14-26)29-20)12-25-22(28)16-5-3-2-4-6-16/h2-6,8,10-11,18-20H,7,9,12-14H2,1H3,(H,25,28)/t18-,19+,20+,23+/m0/s1. The first-order valence-corrected chi connectivity index (χ1v) is 10.3. The highest BCUT2D eigenvalue weighted by Gasteiger charge is 2.63. The van der Waals surface area contributed by atoms with Gasteiger partial charge in [0.2, 0.25) is 0 Å². The van der Waals surface area contributed by atoms with Gasteiger partial charge in [-0.3, -0.25) is 9.59 Å². The lowest BCUT2D eigenvalue weighted by Gasteiger charge is -2.29. The Morgan fingerprint density at radius 3 is 2.86 bits per heavy atom. The minimum atomic E-state index is -0.152. The normalized spacial score (nSPS) is 29.7. The van der Waals surface area contributed by atoms with E-state index >= 15 is 0 Å². The van der Waals surface area contributed by atoms with Gasteiger partial charge in [0, 0.05) is 48.8 Å². The van der Waals surface area contributed by atoms with Crippen LogP contribution in [-0.2, 0) is 4.74 Å². The van der Waals surface area contributed by atoms with E-state index in [1.54, 1.807) is 19.2 Å². The number of anilines is 1. The quantitative estimate of drug-likeness (QED) is 0.794. The van der Waals surface area contributed by atoms with Crippen molar-refractivity contribution in [2.24, 2.45) is 11.8 Å². The van der Waals surface area contributed by atoms with Crippen molar-refractivity contribution < 1.29 is 14.3 Å². The van der Waals surface area contributed by atoms with Gasteiger partial charge in [-0.25, -0.2) is 4.98 Å². The Morgan fingerprint density at radius 1 is 1.24 bits per heavy atom. The summed E-state index contributed by atoms with van der Waals surface area (Å²) in [6.07, 6.45) is 4.01. The minimum Gasteiger partial charge on any atom is -0.369 e. The van der Waals surface area contributed by atoms with E-state index in [1.807, 2.05) is 36.4 Å². The number of carbonyl (C=O) groups excluding carboxylic acids is 2. The average Bonchev–Trinajstić information content (AvgIpc) is 3.41. The molecule has 1 aromatic heterocycles. The van der Waals surface area contributed by atoms with Crippen LogP contribution in [0.1, 0.15) is 40.5 Å². The lowest BCUT2D eigenvalue weighted by Crippen LogP contribution is -2.41. The fourth-order valence-electron chi connectivity index (χ4n) is 5.35. The van der Waals surface area contributed by atoms with Gasteiger partial charge in [0.05, 0.1) is 11.7 Å². The predicted molar refractivity (Wildman–Crippen MR) is 109 cm³/mol. The number of hydrogen-bond acceptors (Lipinski definition) is 5. The topological polar surface area (TPSA) is 71.5 Å². The van der Waals surface area contributed by atoms with E-state index in [2.05, 4.69) is 15.2 Å². The van der Waals surface area contributed by atoms with E-state index in [-0.39, 0.29) is 23.4 Å². The lowest BCUT2D eigenvalue weighted by molar-refractivity contribution is 0.0141. The van der Waals surface area contributed by atoms with E-state index in [9.17, 15) is 9.59 Å². The summed E-state index contributed by atoms with van der Waals surface area (Å²) >= 11 is 0. The Hall–Kier alpha value is -2.73. The number of amides is 1. The first-order chi connectivity index (χ1) is 14.1. The van der Waals surface area contributed by atoms with Crippen LogP contribution in [0.5, 0.6) is 0 Å². The molecule has 0 unspecified atom stereocenters. The third-order valence-electron chi connectivity index (χ3n) is 6.79. The number of rotatable bonds is 5. The summed E-state index contributed by atoms with van der Waals surface area (Å²) in [6.45, 7) is 3.84. The molecule has 1 amide bonds. The third-order valence-corrected chi connectivity index (χ3v) is 6.79. The second-order valence-corrected chi connectivity index (χ2v) is 8.45. The fourth-order valence-corrected chi connectivity index (χ4v) is 5.35. The highest BCUT2D eigenvalue weighted by Crippen LogP contribution is 2.55. The monoisotopic (exact) mass is 391 g/mol. The first kappa shape index (κ1) is 18.3. The zero-order valence-electron chi connectivity index (χ0n) is 16.5. The van der Waals surface area contributed by atoms with E-state index in [1.165, 1.54) is 0 Å². The maximum atomic E-state index is 12.5. The molecule has 0 saturated carbocycles. The van der Waals surface area contributed by atoms with Crippen molar-refractivity contribution in [1.29, 1.82) is 0 Å². The summed E-state index contributed by atoms with van der Waals surface area (Å²) in [5.74, 6) is 1.51. The largest absolute Gasteiger partial charge is 0.369 e. The second kappa shape index (κ2) is 6.95. The predicted octanol–water partition coefficient (Wildman–Crippen LogP) is 2.70. The first-order valence-electron chi connectivity index (χ1n) is 10.3. The Bertz CT molecular complexity index is 947. The molecule has 6 nitrogen and oxygen atoms in total. The number of benzene rings is 1. The maximum Gasteiger partial charge on any atom is 0.251 e. The van der Waals surface area contributed by atoms with Gasteiger partial charge < -0.3 is 15.0 Å². The SMILES string of the molecule is CC(=O)c1ccnc(N2C[C@@H]3[C@H](CNC(=O)c4ccccc4)[C@H]4CC[C@]3(C2)O4)c1. The highest BCUT2D eigenvalue weighted by molar-refractivity contribution is 5.95. The minimum absolute atomic E-state index is 0.0342. The van der Waals surface area contributed by atoms with Gasteiger partial charge in [0.25, 0.3) is 5.91 Å². The summed E-state index contributed by atoms with van der Waals surface area (Å²) < 4.78 is 6.48. The molecule has 29 heavy (non-hydrogen) atoms. The number of aromatic nitrogens is 1. The lowest BCUT2D eigenvalue weighted by atomic mass is 9.73. The third kappa shape index (κ3) is 3.12. The van der Waals surface area contributed by atoms with Gasteiger partial charge in [0.15, 0.2) is 5.78 Å². The van der Waals surface area contributed by atoms with Crippen LogP contribution in [0.25, 0.3) is 0 Å². The van der Waals surface area contributed by atoms with Crippen LogP contribution >= 0.6 is 0 Å². The van der Waals surface area contributed by atoms with Crippen LogP contribution in [0.15, 0.2) is 48.7 Å². The van der Waals surface area contributed by atoms with E-state index in [0.717, 1.165) is 31.7 Å². The molecule has 0 radical (unpaired) electrons. The molecule has 3 aliphatic heterocycles. The zero-order chi connectivity index (χ0) is 20.0. The van der Waals surface area contributed by atoms with E-state index in [4.69, 9.17) is 4.74 Å². The molecule has 5 rings (SSSR count). The van der Waals surface area contributed by atoms with E-state index in [0.29, 0.717) is 29.5 Å². The zero-order valence-corrected chi connectivity index (χ0v) is 16.5. The van der Waals surface area contributed by atoms with Gasteiger partial charge in [-0.05, 0) is 44.0 Å². The maximum absolute atomic E-state index is 12.5. The van der Waals surface area contributed by atoms with Crippen LogP contribution in [0.4, 0.5) is 5.82 Å². The summed E-state index contributed by atoms with van der Waals surface area (Å²) in [4.78, 5) is 31.0. The molecule has 4 atom stereocenters. The van der Waals surface area contributed by atoms with Crippen molar-refractivity contribution in [3.8, 4) is 0 Å². The summed E-state index contributed by atoms with van der Waals surface area (Å²) in [5.41, 5.74) is 1.21. The van der Waals surface area contributed by atoms with Crippen molar-refractivity contribution in [1.82, 2.24) is 10.3 Å². The molecule has 1 aromatic carbocycles. The average molecular weight is 391 g/mol. The molecule has 2 bridgehead atoms. The number of fused-ring (bicyclic) bond motifs is 1. The van der Waals surface area contributed by atoms with Gasteiger partial charge >= 0.3 is 0 Å². The molecule has 1 spiro atoms.